The number of allylic oxidation sites excluding steroid dienone is 1. The summed E-state index contributed by atoms with van der Waals surface area (Å²) < 4.78 is 0. The molecule has 1 fully saturated rings. The molecule has 0 saturated carbocycles. The standard InChI is InChI=1S/C19H21Cl2N3O3/c1-5-6-22-18(26)11(4)23-15-9-16(14(21)8-13(15)20)24-17(25)7-12(10(2)3)19(24)27/h5,8-9,11,23H,1,6-7H2,2-4H3,(H,22,26). The lowest BCUT2D eigenvalue weighted by Crippen LogP contribution is -2.37. The lowest BCUT2D eigenvalue weighted by Gasteiger charge is -2.20. The number of rotatable bonds is 6. The van der Waals surface area contributed by atoms with Crippen molar-refractivity contribution in [2.75, 3.05) is 16.8 Å². The molecule has 1 atom stereocenters. The van der Waals surface area contributed by atoms with Crippen molar-refractivity contribution in [3.63, 3.8) is 0 Å². The molecule has 1 aliphatic heterocycles. The first-order chi connectivity index (χ1) is 12.7. The molecule has 1 aliphatic rings. The Morgan fingerprint density at radius 2 is 1.96 bits per heavy atom. The molecule has 0 radical (unpaired) electrons. The second-order valence-electron chi connectivity index (χ2n) is 6.37. The summed E-state index contributed by atoms with van der Waals surface area (Å²) >= 11 is 12.5. The van der Waals surface area contributed by atoms with Crippen molar-refractivity contribution in [3.8, 4) is 0 Å². The van der Waals surface area contributed by atoms with E-state index in [4.69, 9.17) is 23.2 Å². The molecule has 1 heterocycles. The number of nitrogens with one attached hydrogen (secondary N) is 2. The van der Waals surface area contributed by atoms with Crippen LogP contribution in [0.25, 0.3) is 0 Å². The monoisotopic (exact) mass is 409 g/mol. The summed E-state index contributed by atoms with van der Waals surface area (Å²) in [5.74, 6) is -1.00. The van der Waals surface area contributed by atoms with Crippen molar-refractivity contribution in [1.29, 1.82) is 0 Å². The van der Waals surface area contributed by atoms with Gasteiger partial charge in [0.2, 0.25) is 11.8 Å². The van der Waals surface area contributed by atoms with Gasteiger partial charge in [-0.25, -0.2) is 4.90 Å². The topological polar surface area (TPSA) is 78.5 Å². The first-order valence-corrected chi connectivity index (χ1v) is 9.10. The van der Waals surface area contributed by atoms with E-state index in [0.717, 1.165) is 10.5 Å². The van der Waals surface area contributed by atoms with Crippen molar-refractivity contribution < 1.29 is 14.4 Å². The van der Waals surface area contributed by atoms with Crippen molar-refractivity contribution in [2.24, 2.45) is 0 Å². The third kappa shape index (κ3) is 4.51. The van der Waals surface area contributed by atoms with E-state index in [1.807, 2.05) is 0 Å². The van der Waals surface area contributed by atoms with E-state index in [0.29, 0.717) is 17.8 Å². The summed E-state index contributed by atoms with van der Waals surface area (Å²) in [6, 6.07) is 2.34. The lowest BCUT2D eigenvalue weighted by atomic mass is 10.1. The zero-order valence-electron chi connectivity index (χ0n) is 15.4. The molecule has 0 aliphatic carbocycles. The SMILES string of the molecule is C=CCNC(=O)C(C)Nc1cc(N2C(=O)CC(=C(C)C)C2=O)c(Cl)cc1Cl. The molecule has 1 aromatic carbocycles. The maximum atomic E-state index is 12.6. The first-order valence-electron chi connectivity index (χ1n) is 8.35. The highest BCUT2D eigenvalue weighted by atomic mass is 35.5. The van der Waals surface area contributed by atoms with Crippen LogP contribution in [0.1, 0.15) is 27.2 Å². The zero-order valence-corrected chi connectivity index (χ0v) is 16.9. The Morgan fingerprint density at radius 1 is 1.30 bits per heavy atom. The summed E-state index contributed by atoms with van der Waals surface area (Å²) in [6.07, 6.45) is 1.60. The number of imide groups is 1. The molecule has 0 aromatic heterocycles. The van der Waals surface area contributed by atoms with Gasteiger partial charge in [-0.2, -0.15) is 0 Å². The van der Waals surface area contributed by atoms with Gasteiger partial charge in [0.1, 0.15) is 6.04 Å². The summed E-state index contributed by atoms with van der Waals surface area (Å²) in [7, 11) is 0. The highest BCUT2D eigenvalue weighted by Gasteiger charge is 2.37. The fraction of sp³-hybridized carbons (Fsp3) is 0.316. The van der Waals surface area contributed by atoms with Gasteiger partial charge < -0.3 is 10.6 Å². The number of hydrogen-bond donors (Lipinski definition) is 2. The van der Waals surface area contributed by atoms with Crippen LogP contribution in [-0.2, 0) is 14.4 Å². The molecule has 2 rings (SSSR count). The number of anilines is 2. The molecule has 8 heteroatoms. The number of halogens is 2. The van der Waals surface area contributed by atoms with Crippen LogP contribution in [0.3, 0.4) is 0 Å². The van der Waals surface area contributed by atoms with Crippen LogP contribution in [0.5, 0.6) is 0 Å². The number of benzene rings is 1. The van der Waals surface area contributed by atoms with E-state index in [9.17, 15) is 14.4 Å². The molecular weight excluding hydrogens is 389 g/mol. The number of carbonyl (C=O) groups excluding carboxylic acids is 3. The highest BCUT2D eigenvalue weighted by molar-refractivity contribution is 6.40. The predicted octanol–water partition coefficient (Wildman–Crippen LogP) is 3.70. The van der Waals surface area contributed by atoms with E-state index in [2.05, 4.69) is 17.2 Å². The minimum absolute atomic E-state index is 0.0310. The molecule has 3 amide bonds. The minimum atomic E-state index is -0.602. The number of nitrogens with zero attached hydrogens (tertiary/aromatic N) is 1. The number of hydrogen-bond acceptors (Lipinski definition) is 4. The van der Waals surface area contributed by atoms with Gasteiger partial charge in [0.15, 0.2) is 0 Å². The Morgan fingerprint density at radius 3 is 2.52 bits per heavy atom. The number of carbonyl (C=O) groups is 3. The first kappa shape index (κ1) is 21.0. The van der Waals surface area contributed by atoms with Gasteiger partial charge in [0, 0.05) is 12.1 Å². The van der Waals surface area contributed by atoms with Crippen LogP contribution in [0.2, 0.25) is 10.0 Å². The summed E-state index contributed by atoms with van der Waals surface area (Å²) in [6.45, 7) is 9.11. The quantitative estimate of drug-likeness (QED) is 0.426. The van der Waals surface area contributed by atoms with E-state index in [-0.39, 0.29) is 34.0 Å². The smallest absolute Gasteiger partial charge is 0.261 e. The molecular formula is C19H21Cl2N3O3. The molecule has 0 bridgehead atoms. The average Bonchev–Trinajstić information content (AvgIpc) is 2.90. The van der Waals surface area contributed by atoms with Crippen LogP contribution >= 0.6 is 23.2 Å². The third-order valence-corrected chi connectivity index (χ3v) is 4.72. The fourth-order valence-corrected chi connectivity index (χ4v) is 3.15. The summed E-state index contributed by atoms with van der Waals surface area (Å²) in [5, 5.41) is 6.09. The molecule has 6 nitrogen and oxygen atoms in total. The van der Waals surface area contributed by atoms with Gasteiger partial charge in [0.05, 0.1) is 27.8 Å². The molecule has 1 saturated heterocycles. The molecule has 144 valence electrons. The van der Waals surface area contributed by atoms with E-state index in [1.165, 1.54) is 12.1 Å². The average molecular weight is 410 g/mol. The van der Waals surface area contributed by atoms with Crippen LogP contribution < -0.4 is 15.5 Å². The van der Waals surface area contributed by atoms with Crippen molar-refractivity contribution in [3.05, 3.63) is 46.0 Å². The third-order valence-electron chi connectivity index (χ3n) is 4.11. The normalized spacial score (nSPS) is 15.0. The maximum absolute atomic E-state index is 12.6. The Labute approximate surface area is 168 Å². The second-order valence-corrected chi connectivity index (χ2v) is 7.19. The number of amides is 3. The van der Waals surface area contributed by atoms with Crippen molar-refractivity contribution in [2.45, 2.75) is 33.2 Å². The summed E-state index contributed by atoms with van der Waals surface area (Å²) in [5.41, 5.74) is 1.86. The van der Waals surface area contributed by atoms with E-state index >= 15 is 0 Å². The van der Waals surface area contributed by atoms with Crippen LogP contribution in [0.15, 0.2) is 35.9 Å². The Balaban J connectivity index is 2.35. The second kappa shape index (κ2) is 8.59. The zero-order chi connectivity index (χ0) is 20.3. The van der Waals surface area contributed by atoms with Gasteiger partial charge in [-0.3, -0.25) is 14.4 Å². The molecule has 0 spiro atoms. The lowest BCUT2D eigenvalue weighted by molar-refractivity contribution is -0.122. The molecule has 27 heavy (non-hydrogen) atoms. The molecule has 1 unspecified atom stereocenters. The van der Waals surface area contributed by atoms with Gasteiger partial charge in [0.25, 0.3) is 5.91 Å². The minimum Gasteiger partial charge on any atom is -0.373 e. The summed E-state index contributed by atoms with van der Waals surface area (Å²) in [4.78, 5) is 38.1. The molecule has 1 aromatic rings. The molecule has 2 N–H and O–H groups in total. The predicted molar refractivity (Wildman–Crippen MR) is 108 cm³/mol. The van der Waals surface area contributed by atoms with Gasteiger partial charge in [-0.1, -0.05) is 34.9 Å². The van der Waals surface area contributed by atoms with Gasteiger partial charge >= 0.3 is 0 Å². The van der Waals surface area contributed by atoms with Crippen LogP contribution in [0.4, 0.5) is 11.4 Å². The van der Waals surface area contributed by atoms with Gasteiger partial charge in [-0.05, 0) is 32.9 Å². The van der Waals surface area contributed by atoms with Crippen LogP contribution in [0, 0.1) is 0 Å². The Kier molecular flexibility index (Phi) is 6.68. The van der Waals surface area contributed by atoms with E-state index < -0.39 is 11.9 Å². The van der Waals surface area contributed by atoms with Gasteiger partial charge in [-0.15, -0.1) is 6.58 Å². The fourth-order valence-electron chi connectivity index (χ4n) is 2.63. The Bertz CT molecular complexity index is 845. The maximum Gasteiger partial charge on any atom is 0.261 e. The van der Waals surface area contributed by atoms with Crippen molar-refractivity contribution >= 4 is 52.3 Å². The van der Waals surface area contributed by atoms with Crippen LogP contribution in [-0.4, -0.2) is 30.3 Å². The van der Waals surface area contributed by atoms with Crippen molar-refractivity contribution in [1.82, 2.24) is 5.32 Å². The Hall–Kier alpha value is -2.31. The largest absolute Gasteiger partial charge is 0.373 e. The van der Waals surface area contributed by atoms with E-state index in [1.54, 1.807) is 26.8 Å². The highest BCUT2D eigenvalue weighted by Crippen LogP contribution is 2.38.